The van der Waals surface area contributed by atoms with Crippen LogP contribution in [0.5, 0.6) is 23.0 Å². The van der Waals surface area contributed by atoms with Crippen molar-refractivity contribution in [2.45, 2.75) is 12.8 Å². The van der Waals surface area contributed by atoms with E-state index in [0.29, 0.717) is 22.8 Å². The van der Waals surface area contributed by atoms with Crippen LogP contribution in [0.15, 0.2) is 30.3 Å². The Morgan fingerprint density at radius 2 is 1.52 bits per heavy atom. The fourth-order valence-corrected chi connectivity index (χ4v) is 2.55. The lowest BCUT2D eigenvalue weighted by Crippen LogP contribution is -2.10. The van der Waals surface area contributed by atoms with E-state index >= 15 is 0 Å². The van der Waals surface area contributed by atoms with E-state index in [1.54, 1.807) is 12.1 Å². The highest BCUT2D eigenvalue weighted by Crippen LogP contribution is 2.38. The number of hydrogen-bond acceptors (Lipinski definition) is 9. The first kappa shape index (κ1) is 21.4. The van der Waals surface area contributed by atoms with Crippen LogP contribution < -0.4 is 18.9 Å². The Labute approximate surface area is 165 Å². The minimum absolute atomic E-state index is 0.104. The standard InChI is InChI=1S/C18H18N2O9/c1-26-15-8-11(9-16(27-2)18(15)28-3)4-7-17(21)29-14-6-5-12(19(22)23)10-13(14)20(24)25/h5-6,8-10H,4,7H2,1-3H3. The highest BCUT2D eigenvalue weighted by Gasteiger charge is 2.23. The molecule has 0 unspecified atom stereocenters. The summed E-state index contributed by atoms with van der Waals surface area (Å²) in [5.41, 5.74) is -0.455. The molecule has 0 saturated heterocycles. The van der Waals surface area contributed by atoms with Crippen LogP contribution in [0.3, 0.4) is 0 Å². The van der Waals surface area contributed by atoms with Crippen LogP contribution in [0, 0.1) is 20.2 Å². The molecule has 2 rings (SSSR count). The van der Waals surface area contributed by atoms with Crippen molar-refractivity contribution in [1.29, 1.82) is 0 Å². The molecule has 0 aliphatic carbocycles. The number of nitro benzene ring substituents is 2. The van der Waals surface area contributed by atoms with Crippen molar-refractivity contribution in [2.75, 3.05) is 21.3 Å². The van der Waals surface area contributed by atoms with E-state index in [1.807, 2.05) is 0 Å². The molecule has 154 valence electrons. The minimum atomic E-state index is -0.852. The molecule has 0 heterocycles. The third-order valence-electron chi connectivity index (χ3n) is 3.92. The van der Waals surface area contributed by atoms with E-state index in [-0.39, 0.29) is 18.6 Å². The van der Waals surface area contributed by atoms with Crippen molar-refractivity contribution in [3.05, 3.63) is 56.1 Å². The molecule has 0 aromatic heterocycles. The molecule has 0 bridgehead atoms. The zero-order valence-corrected chi connectivity index (χ0v) is 15.9. The topological polar surface area (TPSA) is 140 Å². The van der Waals surface area contributed by atoms with Crippen LogP contribution in [-0.2, 0) is 11.2 Å². The second-order valence-corrected chi connectivity index (χ2v) is 5.67. The number of hydrogen-bond donors (Lipinski definition) is 0. The molecule has 11 nitrogen and oxygen atoms in total. The Morgan fingerprint density at radius 1 is 0.897 bits per heavy atom. The molecule has 29 heavy (non-hydrogen) atoms. The van der Waals surface area contributed by atoms with Crippen LogP contribution in [0.25, 0.3) is 0 Å². The molecule has 0 radical (unpaired) electrons. The number of rotatable bonds is 9. The van der Waals surface area contributed by atoms with Gasteiger partial charge in [0, 0.05) is 12.5 Å². The quantitative estimate of drug-likeness (QED) is 0.266. The first-order valence-corrected chi connectivity index (χ1v) is 8.23. The van der Waals surface area contributed by atoms with Crippen LogP contribution in [0.1, 0.15) is 12.0 Å². The summed E-state index contributed by atoms with van der Waals surface area (Å²) in [4.78, 5) is 32.4. The third-order valence-corrected chi connectivity index (χ3v) is 3.92. The Hall–Kier alpha value is -3.89. The number of nitrogens with zero attached hydrogens (tertiary/aromatic N) is 2. The maximum atomic E-state index is 12.1. The van der Waals surface area contributed by atoms with Crippen molar-refractivity contribution in [2.24, 2.45) is 0 Å². The largest absolute Gasteiger partial charge is 0.493 e. The molecule has 0 N–H and O–H groups in total. The van der Waals surface area contributed by atoms with E-state index in [1.165, 1.54) is 21.3 Å². The summed E-state index contributed by atoms with van der Waals surface area (Å²) in [7, 11) is 4.39. The van der Waals surface area contributed by atoms with Gasteiger partial charge in [0.25, 0.3) is 5.69 Å². The third kappa shape index (κ3) is 5.09. The Bertz CT molecular complexity index is 918. The number of nitro groups is 2. The fourth-order valence-electron chi connectivity index (χ4n) is 2.55. The number of methoxy groups -OCH3 is 3. The molecule has 2 aromatic rings. The van der Waals surface area contributed by atoms with Crippen molar-refractivity contribution in [3.63, 3.8) is 0 Å². The van der Waals surface area contributed by atoms with Crippen LogP contribution in [0.4, 0.5) is 11.4 Å². The molecule has 0 atom stereocenters. The number of esters is 1. The molecule has 0 saturated carbocycles. The maximum absolute atomic E-state index is 12.1. The van der Waals surface area contributed by atoms with Crippen LogP contribution in [-0.4, -0.2) is 37.1 Å². The monoisotopic (exact) mass is 406 g/mol. The lowest BCUT2D eigenvalue weighted by atomic mass is 10.1. The zero-order valence-electron chi connectivity index (χ0n) is 15.9. The van der Waals surface area contributed by atoms with Gasteiger partial charge in [0.05, 0.1) is 37.2 Å². The Balaban J connectivity index is 2.15. The zero-order chi connectivity index (χ0) is 21.6. The normalized spacial score (nSPS) is 10.2. The van der Waals surface area contributed by atoms with E-state index in [9.17, 15) is 25.0 Å². The minimum Gasteiger partial charge on any atom is -0.493 e. The van der Waals surface area contributed by atoms with E-state index in [0.717, 1.165) is 18.2 Å². The van der Waals surface area contributed by atoms with Gasteiger partial charge in [0.2, 0.25) is 11.5 Å². The predicted octanol–water partition coefficient (Wildman–Crippen LogP) is 3.07. The molecule has 0 spiro atoms. The van der Waals surface area contributed by atoms with Crippen LogP contribution >= 0.6 is 0 Å². The van der Waals surface area contributed by atoms with E-state index in [2.05, 4.69) is 0 Å². The average molecular weight is 406 g/mol. The molecule has 0 aliphatic heterocycles. The van der Waals surface area contributed by atoms with Crippen molar-refractivity contribution in [3.8, 4) is 23.0 Å². The molecule has 0 fully saturated rings. The highest BCUT2D eigenvalue weighted by atomic mass is 16.6. The number of aryl methyl sites for hydroxylation is 1. The predicted molar refractivity (Wildman–Crippen MR) is 99.8 cm³/mol. The van der Waals surface area contributed by atoms with Gasteiger partial charge in [0.1, 0.15) is 0 Å². The van der Waals surface area contributed by atoms with Gasteiger partial charge in [-0.15, -0.1) is 0 Å². The summed E-state index contributed by atoms with van der Waals surface area (Å²) in [6.45, 7) is 0. The molecule has 11 heteroatoms. The summed E-state index contributed by atoms with van der Waals surface area (Å²) >= 11 is 0. The number of carbonyl (C=O) groups is 1. The Morgan fingerprint density at radius 3 is 2.00 bits per heavy atom. The maximum Gasteiger partial charge on any atom is 0.318 e. The van der Waals surface area contributed by atoms with Crippen molar-refractivity contribution in [1.82, 2.24) is 0 Å². The number of benzene rings is 2. The van der Waals surface area contributed by atoms with E-state index in [4.69, 9.17) is 18.9 Å². The Kier molecular flexibility index (Phi) is 6.90. The molecule has 2 aromatic carbocycles. The van der Waals surface area contributed by atoms with Crippen LogP contribution in [0.2, 0.25) is 0 Å². The van der Waals surface area contributed by atoms with Gasteiger partial charge in [-0.05, 0) is 30.2 Å². The molecular formula is C18H18N2O9. The second-order valence-electron chi connectivity index (χ2n) is 5.67. The van der Waals surface area contributed by atoms with Gasteiger partial charge in [-0.1, -0.05) is 0 Å². The lowest BCUT2D eigenvalue weighted by molar-refractivity contribution is -0.394. The van der Waals surface area contributed by atoms with Gasteiger partial charge in [-0.3, -0.25) is 25.0 Å². The lowest BCUT2D eigenvalue weighted by Gasteiger charge is -2.14. The number of carbonyl (C=O) groups excluding carboxylic acids is 1. The fraction of sp³-hybridized carbons (Fsp3) is 0.278. The molecular weight excluding hydrogens is 388 g/mol. The summed E-state index contributed by atoms with van der Waals surface area (Å²) in [5.74, 6) is 0.136. The van der Waals surface area contributed by atoms with E-state index < -0.39 is 27.2 Å². The SMILES string of the molecule is COc1cc(CCC(=O)Oc2ccc([N+](=O)[O-])cc2[N+](=O)[O-])cc(OC)c1OC. The number of non-ortho nitro benzene ring substituents is 1. The van der Waals surface area contributed by atoms with Crippen molar-refractivity contribution >= 4 is 17.3 Å². The van der Waals surface area contributed by atoms with Gasteiger partial charge < -0.3 is 18.9 Å². The first-order chi connectivity index (χ1) is 13.8. The summed E-state index contributed by atoms with van der Waals surface area (Å²) in [6.07, 6.45) is 0.128. The summed E-state index contributed by atoms with van der Waals surface area (Å²) < 4.78 is 20.7. The second kappa shape index (κ2) is 9.35. The van der Waals surface area contributed by atoms with Gasteiger partial charge >= 0.3 is 11.7 Å². The molecule has 0 amide bonds. The van der Waals surface area contributed by atoms with Gasteiger partial charge in [-0.2, -0.15) is 0 Å². The smallest absolute Gasteiger partial charge is 0.318 e. The molecule has 0 aliphatic rings. The number of ether oxygens (including phenoxy) is 4. The average Bonchev–Trinajstić information content (AvgIpc) is 2.71. The van der Waals surface area contributed by atoms with Gasteiger partial charge in [0.15, 0.2) is 11.5 Å². The summed E-state index contributed by atoms with van der Waals surface area (Å²) in [5, 5.41) is 21.9. The highest BCUT2D eigenvalue weighted by molar-refractivity contribution is 5.74. The first-order valence-electron chi connectivity index (χ1n) is 8.23. The summed E-state index contributed by atoms with van der Waals surface area (Å²) in [6, 6.07) is 6.12. The van der Waals surface area contributed by atoms with Crippen molar-refractivity contribution < 1.29 is 33.6 Å². The van der Waals surface area contributed by atoms with Gasteiger partial charge in [-0.25, -0.2) is 0 Å².